The van der Waals surface area contributed by atoms with E-state index >= 15 is 0 Å². The standard InChI is InChI=1S/C17H13F3N2O3/c1-24-14-4-2-3-11(8-14)16(23)22-13-5-6-15(12(7-13)9-21)25-10-17(18,19)20/h2-8H,10H2,1H3,(H,22,23). The Morgan fingerprint density at radius 3 is 2.64 bits per heavy atom. The smallest absolute Gasteiger partial charge is 0.422 e. The maximum absolute atomic E-state index is 12.2. The molecule has 0 unspecified atom stereocenters. The minimum atomic E-state index is -4.51. The summed E-state index contributed by atoms with van der Waals surface area (Å²) in [6.45, 7) is -1.50. The van der Waals surface area contributed by atoms with Crippen LogP contribution in [0.2, 0.25) is 0 Å². The first kappa shape index (κ1) is 18.1. The summed E-state index contributed by atoms with van der Waals surface area (Å²) in [6, 6.07) is 12.0. The van der Waals surface area contributed by atoms with E-state index < -0.39 is 18.7 Å². The van der Waals surface area contributed by atoms with Crippen molar-refractivity contribution < 1.29 is 27.4 Å². The molecular formula is C17H13F3N2O3. The van der Waals surface area contributed by atoms with Crippen LogP contribution >= 0.6 is 0 Å². The molecule has 0 aliphatic heterocycles. The maximum Gasteiger partial charge on any atom is 0.422 e. The lowest BCUT2D eigenvalue weighted by Crippen LogP contribution is -2.19. The van der Waals surface area contributed by atoms with E-state index in [0.717, 1.165) is 0 Å². The molecule has 2 aromatic carbocycles. The Bertz CT molecular complexity index is 814. The maximum atomic E-state index is 12.2. The van der Waals surface area contributed by atoms with E-state index in [4.69, 9.17) is 10.00 Å². The van der Waals surface area contributed by atoms with E-state index in [-0.39, 0.29) is 17.0 Å². The number of carbonyl (C=O) groups is 1. The summed E-state index contributed by atoms with van der Waals surface area (Å²) < 4.78 is 46.2. The first-order valence-corrected chi connectivity index (χ1v) is 7.01. The molecule has 8 heteroatoms. The van der Waals surface area contributed by atoms with Crippen molar-refractivity contribution in [3.05, 3.63) is 53.6 Å². The number of methoxy groups -OCH3 is 1. The predicted molar refractivity (Wildman–Crippen MR) is 83.7 cm³/mol. The lowest BCUT2D eigenvalue weighted by molar-refractivity contribution is -0.153. The van der Waals surface area contributed by atoms with Crippen LogP contribution in [-0.4, -0.2) is 25.8 Å². The summed E-state index contributed by atoms with van der Waals surface area (Å²) in [5, 5.41) is 11.6. The van der Waals surface area contributed by atoms with Crippen molar-refractivity contribution >= 4 is 11.6 Å². The Kier molecular flexibility index (Phi) is 5.49. The quantitative estimate of drug-likeness (QED) is 0.891. The number of halogens is 3. The Labute approximate surface area is 141 Å². The van der Waals surface area contributed by atoms with Gasteiger partial charge in [-0.3, -0.25) is 4.79 Å². The molecule has 0 spiro atoms. The number of alkyl halides is 3. The molecule has 0 heterocycles. The minimum Gasteiger partial charge on any atom is -0.497 e. The molecule has 130 valence electrons. The van der Waals surface area contributed by atoms with Gasteiger partial charge in [0.05, 0.1) is 12.7 Å². The van der Waals surface area contributed by atoms with Crippen molar-refractivity contribution in [2.24, 2.45) is 0 Å². The summed E-state index contributed by atoms with van der Waals surface area (Å²) in [6.07, 6.45) is -4.51. The van der Waals surface area contributed by atoms with Crippen LogP contribution in [0.1, 0.15) is 15.9 Å². The lowest BCUT2D eigenvalue weighted by atomic mass is 10.1. The number of rotatable bonds is 5. The fourth-order valence-electron chi connectivity index (χ4n) is 1.95. The van der Waals surface area contributed by atoms with E-state index in [1.807, 2.05) is 0 Å². The highest BCUT2D eigenvalue weighted by molar-refractivity contribution is 6.04. The zero-order chi connectivity index (χ0) is 18.4. The molecule has 5 nitrogen and oxygen atoms in total. The van der Waals surface area contributed by atoms with E-state index in [9.17, 15) is 18.0 Å². The van der Waals surface area contributed by atoms with Gasteiger partial charge in [-0.05, 0) is 36.4 Å². The molecule has 0 saturated carbocycles. The number of benzene rings is 2. The fourth-order valence-corrected chi connectivity index (χ4v) is 1.95. The normalized spacial score (nSPS) is 10.7. The van der Waals surface area contributed by atoms with Gasteiger partial charge in [0.15, 0.2) is 6.61 Å². The van der Waals surface area contributed by atoms with Crippen molar-refractivity contribution in [1.29, 1.82) is 5.26 Å². The molecule has 0 atom stereocenters. The van der Waals surface area contributed by atoms with Crippen LogP contribution in [0.3, 0.4) is 0 Å². The van der Waals surface area contributed by atoms with Crippen LogP contribution in [-0.2, 0) is 0 Å². The first-order valence-electron chi connectivity index (χ1n) is 7.01. The molecule has 1 amide bonds. The number of hydrogen-bond acceptors (Lipinski definition) is 4. The van der Waals surface area contributed by atoms with Gasteiger partial charge in [0.1, 0.15) is 17.6 Å². The first-order chi connectivity index (χ1) is 11.8. The van der Waals surface area contributed by atoms with E-state index in [1.54, 1.807) is 24.3 Å². The molecule has 0 radical (unpaired) electrons. The lowest BCUT2D eigenvalue weighted by Gasteiger charge is -2.12. The highest BCUT2D eigenvalue weighted by atomic mass is 19.4. The van der Waals surface area contributed by atoms with Crippen LogP contribution in [0.25, 0.3) is 0 Å². The zero-order valence-corrected chi connectivity index (χ0v) is 13.1. The number of carbonyl (C=O) groups excluding carboxylic acids is 1. The van der Waals surface area contributed by atoms with Crippen LogP contribution in [0, 0.1) is 11.3 Å². The molecule has 2 aromatic rings. The molecule has 2 rings (SSSR count). The third-order valence-electron chi connectivity index (χ3n) is 3.08. The zero-order valence-electron chi connectivity index (χ0n) is 13.1. The highest BCUT2D eigenvalue weighted by Crippen LogP contribution is 2.25. The Morgan fingerprint density at radius 2 is 2.00 bits per heavy atom. The number of nitrogens with zero attached hydrogens (tertiary/aromatic N) is 1. The summed E-state index contributed by atoms with van der Waals surface area (Å²) in [4.78, 5) is 12.2. The topological polar surface area (TPSA) is 71.3 Å². The number of hydrogen-bond donors (Lipinski definition) is 1. The van der Waals surface area contributed by atoms with Crippen LogP contribution in [0.5, 0.6) is 11.5 Å². The Balaban J connectivity index is 2.14. The molecule has 1 N–H and O–H groups in total. The number of anilines is 1. The van der Waals surface area contributed by atoms with E-state index in [2.05, 4.69) is 10.1 Å². The summed E-state index contributed by atoms with van der Waals surface area (Å²) in [7, 11) is 1.47. The summed E-state index contributed by atoms with van der Waals surface area (Å²) in [5.41, 5.74) is 0.465. The average Bonchev–Trinajstić information content (AvgIpc) is 2.59. The van der Waals surface area contributed by atoms with E-state index in [0.29, 0.717) is 11.3 Å². The molecular weight excluding hydrogens is 337 g/mol. The van der Waals surface area contributed by atoms with Crippen LogP contribution in [0.15, 0.2) is 42.5 Å². The van der Waals surface area contributed by atoms with Gasteiger partial charge in [0.2, 0.25) is 0 Å². The van der Waals surface area contributed by atoms with Crippen LogP contribution in [0.4, 0.5) is 18.9 Å². The molecule has 0 saturated heterocycles. The summed E-state index contributed by atoms with van der Waals surface area (Å²) in [5.74, 6) is -0.160. The highest BCUT2D eigenvalue weighted by Gasteiger charge is 2.28. The Morgan fingerprint density at radius 1 is 1.24 bits per heavy atom. The third kappa shape index (κ3) is 5.14. The second-order valence-electron chi connectivity index (χ2n) is 4.91. The van der Waals surface area contributed by atoms with Gasteiger partial charge < -0.3 is 14.8 Å². The van der Waals surface area contributed by atoms with E-state index in [1.165, 1.54) is 31.4 Å². The van der Waals surface area contributed by atoms with Gasteiger partial charge in [-0.2, -0.15) is 18.4 Å². The molecule has 0 aliphatic rings. The van der Waals surface area contributed by atoms with Gasteiger partial charge >= 0.3 is 6.18 Å². The van der Waals surface area contributed by atoms with Gasteiger partial charge in [-0.1, -0.05) is 6.07 Å². The van der Waals surface area contributed by atoms with Crippen molar-refractivity contribution in [1.82, 2.24) is 0 Å². The van der Waals surface area contributed by atoms with Gasteiger partial charge in [-0.25, -0.2) is 0 Å². The van der Waals surface area contributed by atoms with Crippen molar-refractivity contribution in [3.8, 4) is 17.6 Å². The number of amides is 1. The molecule has 0 bridgehead atoms. The Hall–Kier alpha value is -3.21. The number of nitrogens with one attached hydrogen (secondary N) is 1. The molecule has 0 aliphatic carbocycles. The number of ether oxygens (including phenoxy) is 2. The molecule has 25 heavy (non-hydrogen) atoms. The third-order valence-corrected chi connectivity index (χ3v) is 3.08. The van der Waals surface area contributed by atoms with Crippen LogP contribution < -0.4 is 14.8 Å². The van der Waals surface area contributed by atoms with Gasteiger partial charge in [0, 0.05) is 11.3 Å². The largest absolute Gasteiger partial charge is 0.497 e. The van der Waals surface area contributed by atoms with Crippen molar-refractivity contribution in [2.45, 2.75) is 6.18 Å². The van der Waals surface area contributed by atoms with Gasteiger partial charge in [0.25, 0.3) is 5.91 Å². The second kappa shape index (κ2) is 7.57. The minimum absolute atomic E-state index is 0.118. The fraction of sp³-hybridized carbons (Fsp3) is 0.176. The van der Waals surface area contributed by atoms with Gasteiger partial charge in [-0.15, -0.1) is 0 Å². The van der Waals surface area contributed by atoms with Crippen molar-refractivity contribution in [2.75, 3.05) is 19.0 Å². The monoisotopic (exact) mass is 350 g/mol. The molecule has 0 fully saturated rings. The average molecular weight is 350 g/mol. The second-order valence-corrected chi connectivity index (χ2v) is 4.91. The summed E-state index contributed by atoms with van der Waals surface area (Å²) >= 11 is 0. The van der Waals surface area contributed by atoms with Crippen molar-refractivity contribution in [3.63, 3.8) is 0 Å². The number of nitriles is 1. The SMILES string of the molecule is COc1cccc(C(=O)Nc2ccc(OCC(F)(F)F)c(C#N)c2)c1. The predicted octanol–water partition coefficient (Wildman–Crippen LogP) is 3.76. The molecule has 0 aromatic heterocycles.